The molecule has 336 valence electrons. The molecule has 0 aromatic rings. The second-order valence-corrected chi connectivity index (χ2v) is 15.7. The maximum Gasteiger partial charge on any atom is 0.306 e. The lowest BCUT2D eigenvalue weighted by atomic mass is 10.1. The molecule has 6 heteroatoms. The van der Waals surface area contributed by atoms with Crippen molar-refractivity contribution in [1.82, 2.24) is 0 Å². The standard InChI is InChI=1S/C53H88O6/c1-4-7-10-13-16-19-21-23-25-26-28-29-31-34-37-40-43-46-52(55)58-49-50(48-57-51(54)45-42-39-36-33-18-15-12-9-6-3)59-53(56)47-44-41-38-35-32-30-27-24-22-20-17-14-11-8-5-2/h16-17,19-20,22-25,28-29,33-34,36-37,50H,4-15,18,21,26-27,30-32,35,38-49H2,1-3H3/b19-16-,20-17-,24-22-,25-23-,29-28-,36-33-,37-34-. The zero-order valence-electron chi connectivity index (χ0n) is 38.2. The minimum absolute atomic E-state index is 0.115. The number of rotatable bonds is 42. The third kappa shape index (κ3) is 45.5. The molecule has 0 aliphatic rings. The van der Waals surface area contributed by atoms with Crippen LogP contribution in [0.5, 0.6) is 0 Å². The normalized spacial score (nSPS) is 12.8. The van der Waals surface area contributed by atoms with Crippen LogP contribution in [0.2, 0.25) is 0 Å². The second-order valence-electron chi connectivity index (χ2n) is 15.7. The summed E-state index contributed by atoms with van der Waals surface area (Å²) in [5, 5.41) is 0. The monoisotopic (exact) mass is 821 g/mol. The molecule has 0 aromatic heterocycles. The van der Waals surface area contributed by atoms with Gasteiger partial charge in [0, 0.05) is 19.3 Å². The van der Waals surface area contributed by atoms with Crippen LogP contribution in [0.4, 0.5) is 0 Å². The number of carbonyl (C=O) groups excluding carboxylic acids is 3. The van der Waals surface area contributed by atoms with Crippen molar-refractivity contribution in [2.24, 2.45) is 0 Å². The third-order valence-electron chi connectivity index (χ3n) is 9.87. The number of hydrogen-bond acceptors (Lipinski definition) is 6. The van der Waals surface area contributed by atoms with Gasteiger partial charge in [0.25, 0.3) is 0 Å². The van der Waals surface area contributed by atoms with Gasteiger partial charge in [-0.15, -0.1) is 0 Å². The van der Waals surface area contributed by atoms with E-state index in [0.717, 1.165) is 70.6 Å². The summed E-state index contributed by atoms with van der Waals surface area (Å²) in [5.41, 5.74) is 0. The molecule has 1 unspecified atom stereocenters. The molecule has 0 aliphatic carbocycles. The molecular formula is C53H88O6. The van der Waals surface area contributed by atoms with Crippen molar-refractivity contribution in [2.45, 2.75) is 219 Å². The van der Waals surface area contributed by atoms with Gasteiger partial charge in [-0.1, -0.05) is 176 Å². The van der Waals surface area contributed by atoms with Crippen LogP contribution < -0.4 is 0 Å². The predicted octanol–water partition coefficient (Wildman–Crippen LogP) is 15.6. The van der Waals surface area contributed by atoms with E-state index >= 15 is 0 Å². The quantitative estimate of drug-likeness (QED) is 0.0201. The summed E-state index contributed by atoms with van der Waals surface area (Å²) in [6.07, 6.45) is 60.0. The summed E-state index contributed by atoms with van der Waals surface area (Å²) >= 11 is 0. The number of esters is 3. The van der Waals surface area contributed by atoms with Crippen LogP contribution >= 0.6 is 0 Å². The van der Waals surface area contributed by atoms with Crippen molar-refractivity contribution >= 4 is 17.9 Å². The van der Waals surface area contributed by atoms with E-state index < -0.39 is 6.10 Å². The number of hydrogen-bond donors (Lipinski definition) is 0. The molecule has 0 bridgehead atoms. The van der Waals surface area contributed by atoms with Gasteiger partial charge in [-0.05, 0) is 103 Å². The Kier molecular flexibility index (Phi) is 44.5. The molecular weight excluding hydrogens is 733 g/mol. The van der Waals surface area contributed by atoms with Crippen LogP contribution in [-0.2, 0) is 28.6 Å². The molecule has 0 rings (SSSR count). The maximum atomic E-state index is 12.7. The van der Waals surface area contributed by atoms with E-state index in [-0.39, 0.29) is 37.5 Å². The SMILES string of the molecule is CCCCC/C=C\C=C/CCCCCCCCC(=O)OC(COC(=O)CCC/C=C\C/C=C\C/C=C\C/C=C\CCCCC)COC(=O)CCC/C=C\CCCCCC. The van der Waals surface area contributed by atoms with E-state index in [9.17, 15) is 14.4 Å². The first-order valence-electron chi connectivity index (χ1n) is 24.1. The van der Waals surface area contributed by atoms with E-state index in [2.05, 4.69) is 106 Å². The van der Waals surface area contributed by atoms with E-state index in [1.165, 1.54) is 89.9 Å². The summed E-state index contributed by atoms with van der Waals surface area (Å²) in [5.74, 6) is -1.02. The van der Waals surface area contributed by atoms with Crippen molar-refractivity contribution in [3.63, 3.8) is 0 Å². The number of allylic oxidation sites excluding steroid dienone is 14. The van der Waals surface area contributed by atoms with Crippen molar-refractivity contribution < 1.29 is 28.6 Å². The van der Waals surface area contributed by atoms with Crippen molar-refractivity contribution in [2.75, 3.05) is 13.2 Å². The second kappa shape index (κ2) is 47.3. The van der Waals surface area contributed by atoms with Gasteiger partial charge in [-0.25, -0.2) is 0 Å². The van der Waals surface area contributed by atoms with Crippen LogP contribution in [0.15, 0.2) is 85.1 Å². The molecule has 6 nitrogen and oxygen atoms in total. The highest BCUT2D eigenvalue weighted by atomic mass is 16.6. The van der Waals surface area contributed by atoms with Gasteiger partial charge >= 0.3 is 17.9 Å². The Morgan fingerprint density at radius 3 is 1.15 bits per heavy atom. The minimum atomic E-state index is -0.814. The Balaban J connectivity index is 4.49. The van der Waals surface area contributed by atoms with Crippen LogP contribution in [0.25, 0.3) is 0 Å². The smallest absolute Gasteiger partial charge is 0.306 e. The number of ether oxygens (including phenoxy) is 3. The Morgan fingerprint density at radius 2 is 0.678 bits per heavy atom. The van der Waals surface area contributed by atoms with Crippen LogP contribution in [0, 0.1) is 0 Å². The summed E-state index contributed by atoms with van der Waals surface area (Å²) in [7, 11) is 0. The van der Waals surface area contributed by atoms with Gasteiger partial charge in [0.2, 0.25) is 0 Å². The number of unbranched alkanes of at least 4 members (excludes halogenated alkanes) is 18. The topological polar surface area (TPSA) is 78.9 Å². The molecule has 0 saturated carbocycles. The lowest BCUT2D eigenvalue weighted by molar-refractivity contribution is -0.167. The highest BCUT2D eigenvalue weighted by Crippen LogP contribution is 2.12. The van der Waals surface area contributed by atoms with Gasteiger partial charge in [0.1, 0.15) is 13.2 Å². The first-order valence-corrected chi connectivity index (χ1v) is 24.1. The van der Waals surface area contributed by atoms with Crippen LogP contribution in [0.3, 0.4) is 0 Å². The third-order valence-corrected chi connectivity index (χ3v) is 9.87. The predicted molar refractivity (Wildman–Crippen MR) is 251 cm³/mol. The van der Waals surface area contributed by atoms with Gasteiger partial charge < -0.3 is 14.2 Å². The first kappa shape index (κ1) is 55.6. The van der Waals surface area contributed by atoms with Gasteiger partial charge in [-0.3, -0.25) is 14.4 Å². The maximum absolute atomic E-state index is 12.7. The Hall–Kier alpha value is -3.41. The summed E-state index contributed by atoms with van der Waals surface area (Å²) in [4.78, 5) is 37.7. The molecule has 59 heavy (non-hydrogen) atoms. The fourth-order valence-electron chi connectivity index (χ4n) is 6.19. The molecule has 0 aliphatic heterocycles. The highest BCUT2D eigenvalue weighted by molar-refractivity contribution is 5.71. The molecule has 0 spiro atoms. The van der Waals surface area contributed by atoms with Gasteiger partial charge in [-0.2, -0.15) is 0 Å². The van der Waals surface area contributed by atoms with E-state index in [4.69, 9.17) is 14.2 Å². The molecule has 0 heterocycles. The van der Waals surface area contributed by atoms with Crippen molar-refractivity contribution in [3.8, 4) is 0 Å². The molecule has 0 N–H and O–H groups in total. The Morgan fingerprint density at radius 1 is 0.356 bits per heavy atom. The van der Waals surface area contributed by atoms with E-state index in [1.54, 1.807) is 0 Å². The Labute approximate surface area is 363 Å². The molecule has 0 amide bonds. The van der Waals surface area contributed by atoms with Gasteiger partial charge in [0.15, 0.2) is 6.10 Å². The summed E-state index contributed by atoms with van der Waals surface area (Å²) in [6, 6.07) is 0. The molecule has 1 atom stereocenters. The fourth-order valence-corrected chi connectivity index (χ4v) is 6.19. The first-order chi connectivity index (χ1) is 29.0. The summed E-state index contributed by atoms with van der Waals surface area (Å²) in [6.45, 7) is 6.44. The van der Waals surface area contributed by atoms with Crippen LogP contribution in [-0.4, -0.2) is 37.2 Å². The zero-order chi connectivity index (χ0) is 43.0. The highest BCUT2D eigenvalue weighted by Gasteiger charge is 2.19. The lowest BCUT2D eigenvalue weighted by Gasteiger charge is -2.18. The zero-order valence-corrected chi connectivity index (χ0v) is 38.2. The number of carbonyl (C=O) groups is 3. The molecule has 0 fully saturated rings. The molecule has 0 aromatic carbocycles. The van der Waals surface area contributed by atoms with Crippen molar-refractivity contribution in [3.05, 3.63) is 85.1 Å². The van der Waals surface area contributed by atoms with Crippen molar-refractivity contribution in [1.29, 1.82) is 0 Å². The van der Waals surface area contributed by atoms with Crippen LogP contribution in [0.1, 0.15) is 213 Å². The largest absolute Gasteiger partial charge is 0.462 e. The average Bonchev–Trinajstić information content (AvgIpc) is 3.23. The van der Waals surface area contributed by atoms with Gasteiger partial charge in [0.05, 0.1) is 0 Å². The lowest BCUT2D eigenvalue weighted by Crippen LogP contribution is -2.30. The minimum Gasteiger partial charge on any atom is -0.462 e. The Bertz CT molecular complexity index is 1170. The fraction of sp³-hybridized carbons (Fsp3) is 0.679. The van der Waals surface area contributed by atoms with E-state index in [1.807, 2.05) is 0 Å². The summed E-state index contributed by atoms with van der Waals surface area (Å²) < 4.78 is 16.6. The molecule has 0 saturated heterocycles. The van der Waals surface area contributed by atoms with E-state index in [0.29, 0.717) is 25.7 Å². The average molecular weight is 821 g/mol. The molecule has 0 radical (unpaired) electrons.